The summed E-state index contributed by atoms with van der Waals surface area (Å²) in [5.74, 6) is 0.491. The van der Waals surface area contributed by atoms with Gasteiger partial charge in [0.1, 0.15) is 0 Å². The van der Waals surface area contributed by atoms with Crippen LogP contribution in [0.5, 0.6) is 0 Å². The van der Waals surface area contributed by atoms with Gasteiger partial charge in [-0.3, -0.25) is 4.79 Å². The fraction of sp³-hybridized carbons (Fsp3) is 0.353. The molecule has 1 atom stereocenters. The van der Waals surface area contributed by atoms with Crippen molar-refractivity contribution in [2.24, 2.45) is 0 Å². The summed E-state index contributed by atoms with van der Waals surface area (Å²) in [5.41, 5.74) is 2.30. The van der Waals surface area contributed by atoms with Crippen molar-refractivity contribution < 1.29 is 4.79 Å². The van der Waals surface area contributed by atoms with Crippen molar-refractivity contribution in [1.82, 2.24) is 10.2 Å². The Morgan fingerprint density at radius 2 is 2.33 bits per heavy atom. The molecule has 1 aromatic carbocycles. The number of carbonyl (C=O) groups is 1. The zero-order valence-electron chi connectivity index (χ0n) is 13.6. The van der Waals surface area contributed by atoms with Crippen LogP contribution in [0.2, 0.25) is 0 Å². The molecule has 1 aliphatic rings. The molecule has 0 aliphatic carbocycles. The number of hydrogen-bond donors (Lipinski definition) is 1. The van der Waals surface area contributed by atoms with Gasteiger partial charge < -0.3 is 10.2 Å². The topological polar surface area (TPSA) is 58.1 Å². The van der Waals surface area contributed by atoms with E-state index in [-0.39, 0.29) is 11.9 Å². The lowest BCUT2D eigenvalue weighted by Crippen LogP contribution is -2.43. The maximum Gasteiger partial charge on any atom is 0.237 e. The molecule has 126 valence electrons. The van der Waals surface area contributed by atoms with Gasteiger partial charge in [0.05, 0.1) is 5.75 Å². The van der Waals surface area contributed by atoms with Crippen LogP contribution in [0.25, 0.3) is 0 Å². The number of anilines is 2. The predicted octanol–water partition coefficient (Wildman–Crippen LogP) is 3.60. The molecule has 0 fully saturated rings. The zero-order valence-corrected chi connectivity index (χ0v) is 15.2. The maximum atomic E-state index is 12.8. The minimum atomic E-state index is 0.121. The van der Waals surface area contributed by atoms with Crippen LogP contribution >= 0.6 is 23.1 Å². The van der Waals surface area contributed by atoms with Crippen molar-refractivity contribution in [1.29, 1.82) is 0 Å². The fourth-order valence-corrected chi connectivity index (χ4v) is 4.38. The molecule has 5 nitrogen and oxygen atoms in total. The Balaban J connectivity index is 1.64. The second kappa shape index (κ2) is 7.81. The molecule has 1 unspecified atom stereocenters. The van der Waals surface area contributed by atoms with Gasteiger partial charge in [0.2, 0.25) is 11.0 Å². The number of benzene rings is 1. The molecule has 1 aromatic heterocycles. The third kappa shape index (κ3) is 3.79. The van der Waals surface area contributed by atoms with Crippen molar-refractivity contribution in [2.75, 3.05) is 22.5 Å². The quantitative estimate of drug-likeness (QED) is 0.630. The number of rotatable bonds is 6. The fourth-order valence-electron chi connectivity index (χ4n) is 2.76. The molecule has 24 heavy (non-hydrogen) atoms. The second-order valence-electron chi connectivity index (χ2n) is 5.61. The van der Waals surface area contributed by atoms with E-state index in [9.17, 15) is 4.79 Å². The van der Waals surface area contributed by atoms with E-state index in [4.69, 9.17) is 0 Å². The first-order valence-electron chi connectivity index (χ1n) is 7.90. The molecule has 0 bridgehead atoms. The van der Waals surface area contributed by atoms with Crippen LogP contribution < -0.4 is 10.2 Å². The normalized spacial score (nSPS) is 16.5. The van der Waals surface area contributed by atoms with Gasteiger partial charge in [-0.15, -0.1) is 16.8 Å². The summed E-state index contributed by atoms with van der Waals surface area (Å²) >= 11 is 2.90. The summed E-state index contributed by atoms with van der Waals surface area (Å²) < 4.78 is 0.799. The highest BCUT2D eigenvalue weighted by atomic mass is 32.2. The molecule has 3 rings (SSSR count). The first-order chi connectivity index (χ1) is 11.7. The van der Waals surface area contributed by atoms with E-state index in [1.807, 2.05) is 23.1 Å². The van der Waals surface area contributed by atoms with E-state index >= 15 is 0 Å². The van der Waals surface area contributed by atoms with E-state index in [0.29, 0.717) is 12.3 Å². The highest BCUT2D eigenvalue weighted by Crippen LogP contribution is 2.32. The molecular weight excluding hydrogens is 340 g/mol. The van der Waals surface area contributed by atoms with Crippen molar-refractivity contribution in [2.45, 2.75) is 30.1 Å². The van der Waals surface area contributed by atoms with Gasteiger partial charge in [-0.1, -0.05) is 47.4 Å². The van der Waals surface area contributed by atoms with Gasteiger partial charge >= 0.3 is 0 Å². The van der Waals surface area contributed by atoms with Crippen molar-refractivity contribution in [3.63, 3.8) is 0 Å². The molecule has 7 heteroatoms. The van der Waals surface area contributed by atoms with Crippen LogP contribution in [0.4, 0.5) is 10.8 Å². The van der Waals surface area contributed by atoms with Gasteiger partial charge in [-0.2, -0.15) is 0 Å². The lowest BCUT2D eigenvalue weighted by atomic mass is 9.97. The standard InChI is InChI=1S/C17H20N4OS2/c1-3-10-18-16-19-20-17(24-16)23-11-15(22)21-12(2)8-9-13-6-4-5-7-14(13)21/h3-7,12H,1,8-11H2,2H3,(H,18,19). The number of para-hydroxylation sites is 1. The third-order valence-corrected chi connectivity index (χ3v) is 5.91. The van der Waals surface area contributed by atoms with Crippen LogP contribution in [0.15, 0.2) is 41.3 Å². The van der Waals surface area contributed by atoms with Crippen LogP contribution in [0, 0.1) is 0 Å². The van der Waals surface area contributed by atoms with E-state index < -0.39 is 0 Å². The summed E-state index contributed by atoms with van der Waals surface area (Å²) in [4.78, 5) is 14.7. The van der Waals surface area contributed by atoms with E-state index in [1.54, 1.807) is 6.08 Å². The summed E-state index contributed by atoms with van der Waals surface area (Å²) in [5, 5.41) is 12.0. The Kier molecular flexibility index (Phi) is 5.52. The molecule has 0 saturated heterocycles. The summed E-state index contributed by atoms with van der Waals surface area (Å²) in [6, 6.07) is 8.40. The number of aromatic nitrogens is 2. The van der Waals surface area contributed by atoms with E-state index in [0.717, 1.165) is 28.0 Å². The van der Waals surface area contributed by atoms with Crippen molar-refractivity contribution >= 4 is 39.8 Å². The lowest BCUT2D eigenvalue weighted by molar-refractivity contribution is -0.116. The van der Waals surface area contributed by atoms with Crippen LogP contribution in [0.3, 0.4) is 0 Å². The molecule has 2 aromatic rings. The molecule has 0 spiro atoms. The highest BCUT2D eigenvalue weighted by molar-refractivity contribution is 8.01. The molecular formula is C17H20N4OS2. The molecule has 0 radical (unpaired) electrons. The number of thioether (sulfide) groups is 1. The first-order valence-corrected chi connectivity index (χ1v) is 9.70. The number of carbonyl (C=O) groups excluding carboxylic acids is 1. The van der Waals surface area contributed by atoms with Gasteiger partial charge in [-0.25, -0.2) is 0 Å². The number of amides is 1. The number of nitrogens with one attached hydrogen (secondary N) is 1. The van der Waals surface area contributed by atoms with Crippen LogP contribution in [-0.2, 0) is 11.2 Å². The van der Waals surface area contributed by atoms with Crippen molar-refractivity contribution in [3.05, 3.63) is 42.5 Å². The Morgan fingerprint density at radius 3 is 3.17 bits per heavy atom. The summed E-state index contributed by atoms with van der Waals surface area (Å²) in [7, 11) is 0. The number of hydrogen-bond acceptors (Lipinski definition) is 6. The number of nitrogens with zero attached hydrogens (tertiary/aromatic N) is 3. The third-order valence-electron chi connectivity index (χ3n) is 3.92. The Labute approximate surface area is 150 Å². The second-order valence-corrected chi connectivity index (χ2v) is 7.81. The predicted molar refractivity (Wildman–Crippen MR) is 101 cm³/mol. The number of fused-ring (bicyclic) bond motifs is 1. The Bertz CT molecular complexity index is 731. The van der Waals surface area contributed by atoms with Gasteiger partial charge in [0.25, 0.3) is 0 Å². The molecule has 2 heterocycles. The van der Waals surface area contributed by atoms with E-state index in [1.165, 1.54) is 28.7 Å². The maximum absolute atomic E-state index is 12.8. The lowest BCUT2D eigenvalue weighted by Gasteiger charge is -2.35. The number of aryl methyl sites for hydroxylation is 1. The van der Waals surface area contributed by atoms with Gasteiger partial charge in [0, 0.05) is 18.3 Å². The average Bonchev–Trinajstić information content (AvgIpc) is 3.05. The summed E-state index contributed by atoms with van der Waals surface area (Å²) in [6.45, 7) is 6.42. The molecule has 1 aliphatic heterocycles. The monoisotopic (exact) mass is 360 g/mol. The van der Waals surface area contributed by atoms with Crippen LogP contribution in [-0.4, -0.2) is 34.4 Å². The first kappa shape index (κ1) is 17.0. The van der Waals surface area contributed by atoms with Gasteiger partial charge in [0.15, 0.2) is 4.34 Å². The summed E-state index contributed by atoms with van der Waals surface area (Å²) in [6.07, 6.45) is 3.80. The SMILES string of the molecule is C=CCNc1nnc(SCC(=O)N2c3ccccc3CCC2C)s1. The zero-order chi connectivity index (χ0) is 16.9. The van der Waals surface area contributed by atoms with Crippen molar-refractivity contribution in [3.8, 4) is 0 Å². The smallest absolute Gasteiger partial charge is 0.237 e. The minimum Gasteiger partial charge on any atom is -0.357 e. The molecule has 1 N–H and O–H groups in total. The molecule has 1 amide bonds. The average molecular weight is 361 g/mol. The largest absolute Gasteiger partial charge is 0.357 e. The highest BCUT2D eigenvalue weighted by Gasteiger charge is 2.27. The molecule has 0 saturated carbocycles. The Hall–Kier alpha value is -1.86. The van der Waals surface area contributed by atoms with Gasteiger partial charge in [-0.05, 0) is 31.4 Å². The minimum absolute atomic E-state index is 0.121. The Morgan fingerprint density at radius 1 is 1.50 bits per heavy atom. The van der Waals surface area contributed by atoms with Crippen LogP contribution in [0.1, 0.15) is 18.9 Å². The van der Waals surface area contributed by atoms with E-state index in [2.05, 4.69) is 35.1 Å².